The molecule has 0 aromatic heterocycles. The summed E-state index contributed by atoms with van der Waals surface area (Å²) in [7, 11) is -3.77. The number of hydrogen-bond donors (Lipinski definition) is 2. The number of benzene rings is 2. The Morgan fingerprint density at radius 1 is 1.28 bits per heavy atom. The van der Waals surface area contributed by atoms with Crippen LogP contribution in [0, 0.1) is 0 Å². The van der Waals surface area contributed by atoms with Crippen molar-refractivity contribution in [2.75, 3.05) is 25.1 Å². The molecule has 1 amide bonds. The van der Waals surface area contributed by atoms with Crippen LogP contribution in [0.3, 0.4) is 0 Å². The summed E-state index contributed by atoms with van der Waals surface area (Å²) in [5.41, 5.74) is 0.613. The van der Waals surface area contributed by atoms with Crippen molar-refractivity contribution in [2.45, 2.75) is 30.8 Å². The Bertz CT molecular complexity index is 975. The standard InChI is InChI=1S/C20H23ClN2O5S/c1-2-27-19-9-8-17(29(25,26)22-13-16-7-4-10-28-16)12-18(19)23-20(24)14-5-3-6-15(21)11-14/h3,5-6,8-9,11-12,16,22H,2,4,7,10,13H2,1H3,(H,23,24)/t16-/m1/s1. The van der Waals surface area contributed by atoms with Gasteiger partial charge in [0.1, 0.15) is 5.75 Å². The van der Waals surface area contributed by atoms with Gasteiger partial charge in [-0.25, -0.2) is 13.1 Å². The van der Waals surface area contributed by atoms with Crippen molar-refractivity contribution in [2.24, 2.45) is 0 Å². The number of sulfonamides is 1. The van der Waals surface area contributed by atoms with E-state index < -0.39 is 15.9 Å². The Hall–Kier alpha value is -2.13. The molecule has 1 saturated heterocycles. The van der Waals surface area contributed by atoms with Crippen molar-refractivity contribution in [1.82, 2.24) is 4.72 Å². The smallest absolute Gasteiger partial charge is 0.255 e. The van der Waals surface area contributed by atoms with Gasteiger partial charge in [0.2, 0.25) is 10.0 Å². The molecular weight excluding hydrogens is 416 g/mol. The van der Waals surface area contributed by atoms with Gasteiger partial charge in [-0.1, -0.05) is 17.7 Å². The first-order chi connectivity index (χ1) is 13.9. The average molecular weight is 439 g/mol. The molecule has 0 saturated carbocycles. The van der Waals surface area contributed by atoms with Gasteiger partial charge in [0.05, 0.1) is 23.3 Å². The number of rotatable bonds is 8. The fourth-order valence-corrected chi connectivity index (χ4v) is 4.25. The molecule has 2 aromatic carbocycles. The number of anilines is 1. The molecule has 1 fully saturated rings. The van der Waals surface area contributed by atoms with Crippen LogP contribution >= 0.6 is 11.6 Å². The Morgan fingerprint density at radius 3 is 2.79 bits per heavy atom. The van der Waals surface area contributed by atoms with Crippen LogP contribution in [-0.2, 0) is 14.8 Å². The second-order valence-corrected chi connectivity index (χ2v) is 8.75. The van der Waals surface area contributed by atoms with Gasteiger partial charge in [0.15, 0.2) is 0 Å². The number of carbonyl (C=O) groups is 1. The van der Waals surface area contributed by atoms with Crippen molar-refractivity contribution in [3.8, 4) is 5.75 Å². The van der Waals surface area contributed by atoms with Crippen LogP contribution in [0.2, 0.25) is 5.02 Å². The quantitative estimate of drug-likeness (QED) is 0.658. The number of hydrogen-bond acceptors (Lipinski definition) is 5. The van der Waals surface area contributed by atoms with E-state index in [1.54, 1.807) is 25.1 Å². The minimum absolute atomic E-state index is 0.0281. The molecule has 29 heavy (non-hydrogen) atoms. The first-order valence-electron chi connectivity index (χ1n) is 9.34. The molecule has 9 heteroatoms. The summed E-state index contributed by atoms with van der Waals surface area (Å²) >= 11 is 5.94. The predicted molar refractivity (Wildman–Crippen MR) is 111 cm³/mol. The molecule has 0 radical (unpaired) electrons. The number of halogens is 1. The minimum Gasteiger partial charge on any atom is -0.492 e. The normalized spacial score (nSPS) is 16.6. The van der Waals surface area contributed by atoms with Crippen LogP contribution in [0.5, 0.6) is 5.75 Å². The molecule has 0 unspecified atom stereocenters. The van der Waals surface area contributed by atoms with Gasteiger partial charge in [-0.15, -0.1) is 0 Å². The van der Waals surface area contributed by atoms with E-state index in [1.807, 2.05) is 0 Å². The number of amides is 1. The molecule has 1 heterocycles. The highest BCUT2D eigenvalue weighted by atomic mass is 35.5. The van der Waals surface area contributed by atoms with Crippen molar-refractivity contribution in [1.29, 1.82) is 0 Å². The summed E-state index contributed by atoms with van der Waals surface area (Å²) in [6, 6.07) is 10.8. The molecule has 0 spiro atoms. The monoisotopic (exact) mass is 438 g/mol. The highest BCUT2D eigenvalue weighted by molar-refractivity contribution is 7.89. The molecule has 156 valence electrons. The van der Waals surface area contributed by atoms with Crippen LogP contribution in [0.4, 0.5) is 5.69 Å². The summed E-state index contributed by atoms with van der Waals surface area (Å²) < 4.78 is 38.9. The Labute approximate surface area is 175 Å². The average Bonchev–Trinajstić information content (AvgIpc) is 3.21. The maximum atomic E-state index is 12.7. The van der Waals surface area contributed by atoms with Crippen molar-refractivity contribution < 1.29 is 22.7 Å². The molecule has 0 bridgehead atoms. The van der Waals surface area contributed by atoms with Gasteiger partial charge in [-0.05, 0) is 56.2 Å². The molecular formula is C20H23ClN2O5S. The largest absolute Gasteiger partial charge is 0.492 e. The number of nitrogens with one attached hydrogen (secondary N) is 2. The molecule has 3 rings (SSSR count). The zero-order chi connectivity index (χ0) is 20.9. The van der Waals surface area contributed by atoms with E-state index in [9.17, 15) is 13.2 Å². The van der Waals surface area contributed by atoms with E-state index in [4.69, 9.17) is 21.1 Å². The van der Waals surface area contributed by atoms with Crippen molar-refractivity contribution >= 4 is 33.2 Å². The third kappa shape index (κ3) is 5.70. The van der Waals surface area contributed by atoms with Crippen LogP contribution in [-0.4, -0.2) is 40.2 Å². The first kappa shape index (κ1) is 21.6. The van der Waals surface area contributed by atoms with Crippen LogP contribution < -0.4 is 14.8 Å². The third-order valence-electron chi connectivity index (χ3n) is 4.42. The van der Waals surface area contributed by atoms with Gasteiger partial charge in [-0.3, -0.25) is 4.79 Å². The zero-order valence-corrected chi connectivity index (χ0v) is 17.6. The zero-order valence-electron chi connectivity index (χ0n) is 16.0. The van der Waals surface area contributed by atoms with Gasteiger partial charge < -0.3 is 14.8 Å². The molecule has 2 N–H and O–H groups in total. The summed E-state index contributed by atoms with van der Waals surface area (Å²) in [4.78, 5) is 12.6. The van der Waals surface area contributed by atoms with Crippen LogP contribution in [0.1, 0.15) is 30.1 Å². The van der Waals surface area contributed by atoms with E-state index in [0.29, 0.717) is 29.5 Å². The maximum absolute atomic E-state index is 12.7. The number of ether oxygens (including phenoxy) is 2. The van der Waals surface area contributed by atoms with E-state index in [0.717, 1.165) is 12.8 Å². The minimum atomic E-state index is -3.77. The Balaban J connectivity index is 1.82. The molecule has 1 aliphatic rings. The summed E-state index contributed by atoms with van der Waals surface area (Å²) in [6.45, 7) is 3.02. The van der Waals surface area contributed by atoms with E-state index in [-0.39, 0.29) is 23.2 Å². The van der Waals surface area contributed by atoms with Gasteiger partial charge in [0.25, 0.3) is 5.91 Å². The molecule has 1 atom stereocenters. The Morgan fingerprint density at radius 2 is 2.10 bits per heavy atom. The maximum Gasteiger partial charge on any atom is 0.255 e. The lowest BCUT2D eigenvalue weighted by molar-refractivity contribution is 0.102. The number of carbonyl (C=O) groups excluding carboxylic acids is 1. The van der Waals surface area contributed by atoms with E-state index in [1.165, 1.54) is 24.3 Å². The van der Waals surface area contributed by atoms with E-state index >= 15 is 0 Å². The molecule has 2 aromatic rings. The van der Waals surface area contributed by atoms with Crippen LogP contribution in [0.25, 0.3) is 0 Å². The molecule has 1 aliphatic heterocycles. The summed E-state index contributed by atoms with van der Waals surface area (Å²) in [5.74, 6) is -0.0451. The fourth-order valence-electron chi connectivity index (χ4n) is 2.97. The molecule has 0 aliphatic carbocycles. The van der Waals surface area contributed by atoms with Crippen molar-refractivity contribution in [3.63, 3.8) is 0 Å². The lowest BCUT2D eigenvalue weighted by Gasteiger charge is -2.15. The SMILES string of the molecule is CCOc1ccc(S(=O)(=O)NC[C@H]2CCCO2)cc1NC(=O)c1cccc(Cl)c1. The summed E-state index contributed by atoms with van der Waals surface area (Å²) in [5, 5.41) is 3.14. The topological polar surface area (TPSA) is 93.7 Å². The fraction of sp³-hybridized carbons (Fsp3) is 0.350. The van der Waals surface area contributed by atoms with Crippen molar-refractivity contribution in [3.05, 3.63) is 53.1 Å². The van der Waals surface area contributed by atoms with Gasteiger partial charge in [0, 0.05) is 23.7 Å². The predicted octanol–water partition coefficient (Wildman–Crippen LogP) is 3.45. The lowest BCUT2D eigenvalue weighted by Crippen LogP contribution is -2.31. The summed E-state index contributed by atoms with van der Waals surface area (Å²) in [6.07, 6.45) is 1.64. The van der Waals surface area contributed by atoms with Gasteiger partial charge in [-0.2, -0.15) is 0 Å². The third-order valence-corrected chi connectivity index (χ3v) is 6.08. The Kier molecular flexibility index (Phi) is 7.13. The van der Waals surface area contributed by atoms with Crippen LogP contribution in [0.15, 0.2) is 47.4 Å². The molecule has 7 nitrogen and oxygen atoms in total. The second-order valence-electron chi connectivity index (χ2n) is 6.54. The highest BCUT2D eigenvalue weighted by Gasteiger charge is 2.22. The lowest BCUT2D eigenvalue weighted by atomic mass is 10.2. The van der Waals surface area contributed by atoms with Gasteiger partial charge >= 0.3 is 0 Å². The second kappa shape index (κ2) is 9.58. The highest BCUT2D eigenvalue weighted by Crippen LogP contribution is 2.29. The first-order valence-corrected chi connectivity index (χ1v) is 11.2. The van der Waals surface area contributed by atoms with E-state index in [2.05, 4.69) is 10.0 Å².